The van der Waals surface area contributed by atoms with Crippen LogP contribution in [0.25, 0.3) is 0 Å². The summed E-state index contributed by atoms with van der Waals surface area (Å²) in [6, 6.07) is 3.22. The summed E-state index contributed by atoms with van der Waals surface area (Å²) in [5, 5.41) is 22.4. The summed E-state index contributed by atoms with van der Waals surface area (Å²) >= 11 is 0. The van der Waals surface area contributed by atoms with Gasteiger partial charge in [-0.2, -0.15) is 0 Å². The third-order valence-corrected chi connectivity index (χ3v) is 7.70. The van der Waals surface area contributed by atoms with Gasteiger partial charge in [0.05, 0.1) is 25.0 Å². The van der Waals surface area contributed by atoms with E-state index in [1.54, 1.807) is 27.7 Å². The van der Waals surface area contributed by atoms with Gasteiger partial charge in [-0.25, -0.2) is 13.9 Å². The maximum atomic E-state index is 14.5. The van der Waals surface area contributed by atoms with Gasteiger partial charge < -0.3 is 14.6 Å². The number of piperidine rings is 1. The number of ether oxygens (including phenoxy) is 2. The maximum absolute atomic E-state index is 14.5. The zero-order valence-electron chi connectivity index (χ0n) is 25.1. The minimum atomic E-state index is -1.50. The molecule has 0 spiro atoms. The van der Waals surface area contributed by atoms with Gasteiger partial charge in [-0.1, -0.05) is 31.5 Å². The summed E-state index contributed by atoms with van der Waals surface area (Å²) in [5.74, 6) is -1.91. The standard InChI is InChI=1S/C30H42FN5O6/c1-6-8-13-35(28(39)42-29(3,4)5)26-21(15-25(37)33-27(26)38)23-16-32-34-36(23)18-30(40,7-2)20-11-12-22(31)24(14-20)41-17-19-9-10-19/h11-12,14,16,19,21,26,40H,6-10,13,15,17-18H2,1-5H3,(H,33,37,38)/t21?,26?,30-/m1/s1. The van der Waals surface area contributed by atoms with Gasteiger partial charge in [-0.3, -0.25) is 19.8 Å². The Balaban J connectivity index is 1.66. The first kappa shape index (κ1) is 31.4. The van der Waals surface area contributed by atoms with Crippen molar-refractivity contribution >= 4 is 17.9 Å². The van der Waals surface area contributed by atoms with E-state index < -0.39 is 46.9 Å². The summed E-state index contributed by atoms with van der Waals surface area (Å²) in [4.78, 5) is 40.6. The summed E-state index contributed by atoms with van der Waals surface area (Å²) < 4.78 is 27.3. The SMILES string of the molecule is CCCCN(C(=O)OC(C)(C)C)C1C(=O)NC(=O)CC1c1cnnn1C[C@](O)(CC)c1ccc(F)c(OCC2CC2)c1. The molecule has 0 radical (unpaired) electrons. The van der Waals surface area contributed by atoms with E-state index in [4.69, 9.17) is 9.47 Å². The van der Waals surface area contributed by atoms with Crippen molar-refractivity contribution in [3.05, 3.63) is 41.5 Å². The van der Waals surface area contributed by atoms with Crippen LogP contribution in [0.2, 0.25) is 0 Å². The zero-order valence-corrected chi connectivity index (χ0v) is 25.1. The molecule has 1 aromatic heterocycles. The molecule has 12 heteroatoms. The van der Waals surface area contributed by atoms with Crippen molar-refractivity contribution in [1.82, 2.24) is 25.2 Å². The minimum absolute atomic E-state index is 0.0728. The molecule has 1 saturated heterocycles. The van der Waals surface area contributed by atoms with Gasteiger partial charge in [-0.05, 0) is 70.1 Å². The third-order valence-electron chi connectivity index (χ3n) is 7.70. The molecule has 2 aliphatic rings. The van der Waals surface area contributed by atoms with E-state index in [1.165, 1.54) is 34.0 Å². The highest BCUT2D eigenvalue weighted by molar-refractivity contribution is 6.02. The molecule has 2 fully saturated rings. The quantitative estimate of drug-likeness (QED) is 0.355. The van der Waals surface area contributed by atoms with Gasteiger partial charge in [0, 0.05) is 18.9 Å². The molecule has 11 nitrogen and oxygen atoms in total. The number of hydrogen-bond donors (Lipinski definition) is 2. The first-order chi connectivity index (χ1) is 19.8. The van der Waals surface area contributed by atoms with E-state index in [0.717, 1.165) is 19.3 Å². The van der Waals surface area contributed by atoms with Crippen LogP contribution in [0.3, 0.4) is 0 Å². The Morgan fingerprint density at radius 2 is 1.98 bits per heavy atom. The topological polar surface area (TPSA) is 136 Å². The fourth-order valence-corrected chi connectivity index (χ4v) is 5.10. The molecule has 1 aliphatic carbocycles. The number of amides is 3. The smallest absolute Gasteiger partial charge is 0.410 e. The second-order valence-corrected chi connectivity index (χ2v) is 12.3. The molecule has 2 heterocycles. The Morgan fingerprint density at radius 1 is 1.24 bits per heavy atom. The van der Waals surface area contributed by atoms with Crippen molar-refractivity contribution in [3.8, 4) is 5.75 Å². The lowest BCUT2D eigenvalue weighted by atomic mass is 9.86. The summed E-state index contributed by atoms with van der Waals surface area (Å²) in [7, 11) is 0. The highest BCUT2D eigenvalue weighted by Gasteiger charge is 2.45. The first-order valence-electron chi connectivity index (χ1n) is 14.7. The average Bonchev–Trinajstić information content (AvgIpc) is 3.64. The van der Waals surface area contributed by atoms with Crippen LogP contribution in [0.1, 0.15) is 90.3 Å². The molecule has 2 unspecified atom stereocenters. The summed E-state index contributed by atoms with van der Waals surface area (Å²) in [5.41, 5.74) is -1.45. The van der Waals surface area contributed by atoms with Gasteiger partial charge in [0.25, 0.3) is 0 Å². The fraction of sp³-hybridized carbons (Fsp3) is 0.633. The van der Waals surface area contributed by atoms with Gasteiger partial charge >= 0.3 is 6.09 Å². The predicted octanol–water partition coefficient (Wildman–Crippen LogP) is 4.04. The van der Waals surface area contributed by atoms with Gasteiger partial charge in [-0.15, -0.1) is 5.10 Å². The molecule has 1 aliphatic heterocycles. The lowest BCUT2D eigenvalue weighted by molar-refractivity contribution is -0.138. The van der Waals surface area contributed by atoms with Crippen LogP contribution in [0.15, 0.2) is 24.4 Å². The van der Waals surface area contributed by atoms with Gasteiger partial charge in [0.15, 0.2) is 11.6 Å². The number of nitrogens with one attached hydrogen (secondary N) is 1. The number of nitrogens with zero attached hydrogens (tertiary/aromatic N) is 4. The lowest BCUT2D eigenvalue weighted by Crippen LogP contribution is -2.59. The largest absolute Gasteiger partial charge is 0.490 e. The van der Waals surface area contributed by atoms with Crippen molar-refractivity contribution in [1.29, 1.82) is 0 Å². The van der Waals surface area contributed by atoms with Crippen molar-refractivity contribution in [2.24, 2.45) is 5.92 Å². The monoisotopic (exact) mass is 587 g/mol. The second kappa shape index (κ2) is 12.8. The number of halogens is 1. The van der Waals surface area contributed by atoms with Gasteiger partial charge in [0.2, 0.25) is 11.8 Å². The molecule has 4 rings (SSSR count). The normalized spacial score (nSPS) is 20.5. The molecule has 1 saturated carbocycles. The van der Waals surface area contributed by atoms with Crippen LogP contribution < -0.4 is 10.1 Å². The van der Waals surface area contributed by atoms with E-state index in [2.05, 4.69) is 15.6 Å². The average molecular weight is 588 g/mol. The molecule has 2 aromatic rings. The molecule has 2 N–H and O–H groups in total. The number of carbonyl (C=O) groups excluding carboxylic acids is 3. The van der Waals surface area contributed by atoms with E-state index in [0.29, 0.717) is 30.2 Å². The number of imide groups is 1. The molecule has 3 atom stereocenters. The molecule has 0 bridgehead atoms. The van der Waals surface area contributed by atoms with Crippen molar-refractivity contribution in [2.75, 3.05) is 13.2 Å². The number of benzene rings is 1. The first-order valence-corrected chi connectivity index (χ1v) is 14.7. The van der Waals surface area contributed by atoms with Crippen LogP contribution in [0, 0.1) is 11.7 Å². The van der Waals surface area contributed by atoms with Crippen LogP contribution >= 0.6 is 0 Å². The number of aliphatic hydroxyl groups is 1. The van der Waals surface area contributed by atoms with E-state index in [-0.39, 0.29) is 31.7 Å². The number of hydrogen-bond acceptors (Lipinski definition) is 8. The van der Waals surface area contributed by atoms with Crippen molar-refractivity contribution in [3.63, 3.8) is 0 Å². The van der Waals surface area contributed by atoms with Crippen LogP contribution in [0.5, 0.6) is 5.75 Å². The number of unbranched alkanes of at least 4 members (excludes halogenated alkanes) is 1. The number of rotatable bonds is 12. The second-order valence-electron chi connectivity index (χ2n) is 12.3. The Bertz CT molecular complexity index is 1290. The zero-order chi connectivity index (χ0) is 30.7. The van der Waals surface area contributed by atoms with Crippen LogP contribution in [0.4, 0.5) is 9.18 Å². The third kappa shape index (κ3) is 7.45. The van der Waals surface area contributed by atoms with Gasteiger partial charge in [0.1, 0.15) is 17.2 Å². The van der Waals surface area contributed by atoms with Crippen LogP contribution in [-0.2, 0) is 26.5 Å². The molecule has 3 amide bonds. The van der Waals surface area contributed by atoms with Crippen molar-refractivity contribution < 1.29 is 33.4 Å². The van der Waals surface area contributed by atoms with E-state index in [9.17, 15) is 23.9 Å². The predicted molar refractivity (Wildman–Crippen MR) is 151 cm³/mol. The highest BCUT2D eigenvalue weighted by Crippen LogP contribution is 2.36. The molecule has 42 heavy (non-hydrogen) atoms. The fourth-order valence-electron chi connectivity index (χ4n) is 5.10. The van der Waals surface area contributed by atoms with Crippen molar-refractivity contribution in [2.45, 2.75) is 103 Å². The Hall–Kier alpha value is -3.54. The van der Waals surface area contributed by atoms with Crippen LogP contribution in [-0.4, -0.2) is 67.7 Å². The molecular weight excluding hydrogens is 545 g/mol. The Morgan fingerprint density at radius 3 is 2.62 bits per heavy atom. The molecular formula is C30H42FN5O6. The molecule has 1 aromatic carbocycles. The minimum Gasteiger partial charge on any atom is -0.490 e. The Kier molecular flexibility index (Phi) is 9.54. The lowest BCUT2D eigenvalue weighted by Gasteiger charge is -2.39. The maximum Gasteiger partial charge on any atom is 0.410 e. The highest BCUT2D eigenvalue weighted by atomic mass is 19.1. The van der Waals surface area contributed by atoms with E-state index >= 15 is 0 Å². The number of carbonyl (C=O) groups is 3. The summed E-state index contributed by atoms with van der Waals surface area (Å²) in [6.45, 7) is 9.57. The Labute approximate surface area is 245 Å². The molecule has 230 valence electrons. The number of aromatic nitrogens is 3. The van der Waals surface area contributed by atoms with E-state index in [1.807, 2.05) is 6.92 Å². The summed E-state index contributed by atoms with van der Waals surface area (Å²) in [6.07, 6.45) is 4.43.